The predicted octanol–water partition coefficient (Wildman–Crippen LogP) is -0.724. The molecular weight excluding hydrogens is 146 g/mol. The Labute approximate surface area is 64.6 Å². The summed E-state index contributed by atoms with van der Waals surface area (Å²) in [6, 6.07) is 0. The van der Waals surface area contributed by atoms with Crippen LogP contribution in [0.1, 0.15) is 13.8 Å². The van der Waals surface area contributed by atoms with E-state index in [2.05, 4.69) is 5.32 Å². The summed E-state index contributed by atoms with van der Waals surface area (Å²) < 4.78 is 0. The quantitative estimate of drug-likeness (QED) is 0.527. The molecule has 2 N–H and O–H groups in total. The topological polar surface area (TPSA) is 66.4 Å². The summed E-state index contributed by atoms with van der Waals surface area (Å²) >= 11 is 0. The molecule has 62 valence electrons. The number of nitrogens with one attached hydrogen (secondary N) is 1. The van der Waals surface area contributed by atoms with Gasteiger partial charge in [0, 0.05) is 5.92 Å². The van der Waals surface area contributed by atoms with Crippen molar-refractivity contribution < 1.29 is 14.7 Å². The molecule has 1 heterocycles. The molecule has 0 aromatic carbocycles. The SMILES string of the molecule is CC(=O)C1C(O)NC(=O)C1C. The van der Waals surface area contributed by atoms with Gasteiger partial charge in [-0.05, 0) is 6.92 Å². The standard InChI is InChI=1S/C7H11NO3/c1-3-5(4(2)9)7(11)8-6(3)10/h3,5,7,11H,1-2H3,(H,8,10). The van der Waals surface area contributed by atoms with Crippen LogP contribution in [-0.4, -0.2) is 23.0 Å². The lowest BCUT2D eigenvalue weighted by atomic mass is 9.93. The smallest absolute Gasteiger partial charge is 0.225 e. The van der Waals surface area contributed by atoms with Crippen molar-refractivity contribution in [2.24, 2.45) is 11.8 Å². The average Bonchev–Trinajstić information content (AvgIpc) is 2.07. The molecule has 0 bridgehead atoms. The number of amides is 1. The number of aliphatic hydroxyl groups is 1. The highest BCUT2D eigenvalue weighted by Gasteiger charge is 2.40. The van der Waals surface area contributed by atoms with Crippen LogP contribution in [0.3, 0.4) is 0 Å². The van der Waals surface area contributed by atoms with E-state index < -0.39 is 18.1 Å². The van der Waals surface area contributed by atoms with Crippen LogP contribution in [0.4, 0.5) is 0 Å². The number of aliphatic hydroxyl groups excluding tert-OH is 1. The van der Waals surface area contributed by atoms with E-state index in [1.165, 1.54) is 6.92 Å². The number of Topliss-reactive ketones (excluding diaryl/α,β-unsaturated/α-hetero) is 1. The van der Waals surface area contributed by atoms with Crippen LogP contribution in [0.2, 0.25) is 0 Å². The summed E-state index contributed by atoms with van der Waals surface area (Å²) in [5.41, 5.74) is 0. The normalized spacial score (nSPS) is 37.0. The van der Waals surface area contributed by atoms with Crippen LogP contribution in [0.25, 0.3) is 0 Å². The second kappa shape index (κ2) is 2.62. The summed E-state index contributed by atoms with van der Waals surface area (Å²) in [5, 5.41) is 11.4. The number of ketones is 1. The van der Waals surface area contributed by atoms with Crippen LogP contribution in [-0.2, 0) is 9.59 Å². The highest BCUT2D eigenvalue weighted by Crippen LogP contribution is 2.22. The van der Waals surface area contributed by atoms with E-state index in [4.69, 9.17) is 5.11 Å². The zero-order valence-electron chi connectivity index (χ0n) is 6.50. The summed E-state index contributed by atoms with van der Waals surface area (Å²) in [4.78, 5) is 21.7. The van der Waals surface area contributed by atoms with Crippen molar-refractivity contribution >= 4 is 11.7 Å². The molecule has 4 heteroatoms. The Balaban J connectivity index is 2.79. The molecule has 3 atom stereocenters. The van der Waals surface area contributed by atoms with E-state index in [0.29, 0.717) is 0 Å². The Hall–Kier alpha value is -0.900. The molecule has 0 spiro atoms. The van der Waals surface area contributed by atoms with Gasteiger partial charge < -0.3 is 10.4 Å². The second-order valence-electron chi connectivity index (χ2n) is 2.88. The number of hydrogen-bond donors (Lipinski definition) is 2. The van der Waals surface area contributed by atoms with Crippen molar-refractivity contribution in [3.05, 3.63) is 0 Å². The summed E-state index contributed by atoms with van der Waals surface area (Å²) in [6.07, 6.45) is -0.991. The lowest BCUT2D eigenvalue weighted by Crippen LogP contribution is -2.31. The predicted molar refractivity (Wildman–Crippen MR) is 37.5 cm³/mol. The minimum absolute atomic E-state index is 0.150. The van der Waals surface area contributed by atoms with Gasteiger partial charge in [-0.25, -0.2) is 0 Å². The Bertz CT molecular complexity index is 202. The molecule has 1 fully saturated rings. The summed E-state index contributed by atoms with van der Waals surface area (Å²) in [7, 11) is 0. The van der Waals surface area contributed by atoms with E-state index in [9.17, 15) is 9.59 Å². The molecule has 3 unspecified atom stereocenters. The van der Waals surface area contributed by atoms with Crippen molar-refractivity contribution in [3.63, 3.8) is 0 Å². The van der Waals surface area contributed by atoms with Crippen LogP contribution >= 0.6 is 0 Å². The van der Waals surface area contributed by atoms with Crippen molar-refractivity contribution in [3.8, 4) is 0 Å². The molecule has 0 aliphatic carbocycles. The lowest BCUT2D eigenvalue weighted by molar-refractivity contribution is -0.127. The van der Waals surface area contributed by atoms with E-state index in [0.717, 1.165) is 0 Å². The monoisotopic (exact) mass is 157 g/mol. The third-order valence-electron chi connectivity index (χ3n) is 2.05. The van der Waals surface area contributed by atoms with Gasteiger partial charge in [0.15, 0.2) is 0 Å². The van der Waals surface area contributed by atoms with Gasteiger partial charge in [-0.1, -0.05) is 6.92 Å². The van der Waals surface area contributed by atoms with Gasteiger partial charge in [-0.2, -0.15) is 0 Å². The van der Waals surface area contributed by atoms with Crippen molar-refractivity contribution in [2.75, 3.05) is 0 Å². The first-order valence-electron chi connectivity index (χ1n) is 3.53. The van der Waals surface area contributed by atoms with Crippen LogP contribution < -0.4 is 5.32 Å². The van der Waals surface area contributed by atoms with Crippen LogP contribution in [0.5, 0.6) is 0 Å². The van der Waals surface area contributed by atoms with Gasteiger partial charge in [-0.15, -0.1) is 0 Å². The summed E-state index contributed by atoms with van der Waals surface area (Å²) in [5.74, 6) is -1.37. The van der Waals surface area contributed by atoms with Crippen LogP contribution in [0, 0.1) is 11.8 Å². The molecule has 1 saturated heterocycles. The summed E-state index contributed by atoms with van der Waals surface area (Å²) in [6.45, 7) is 3.02. The Kier molecular flexibility index (Phi) is 1.95. The van der Waals surface area contributed by atoms with Crippen molar-refractivity contribution in [1.29, 1.82) is 0 Å². The molecular formula is C7H11NO3. The maximum Gasteiger partial charge on any atom is 0.225 e. The molecule has 1 rings (SSSR count). The van der Waals surface area contributed by atoms with E-state index in [1.54, 1.807) is 6.92 Å². The van der Waals surface area contributed by atoms with Gasteiger partial charge >= 0.3 is 0 Å². The van der Waals surface area contributed by atoms with Gasteiger partial charge in [0.1, 0.15) is 12.0 Å². The molecule has 11 heavy (non-hydrogen) atoms. The minimum atomic E-state index is -0.991. The van der Waals surface area contributed by atoms with Crippen molar-refractivity contribution in [2.45, 2.75) is 20.1 Å². The molecule has 0 saturated carbocycles. The van der Waals surface area contributed by atoms with E-state index in [-0.39, 0.29) is 11.7 Å². The molecule has 0 aromatic rings. The number of hydrogen-bond acceptors (Lipinski definition) is 3. The van der Waals surface area contributed by atoms with Gasteiger partial charge in [0.05, 0.1) is 5.92 Å². The third kappa shape index (κ3) is 1.26. The maximum atomic E-state index is 10.9. The highest BCUT2D eigenvalue weighted by molar-refractivity contribution is 5.91. The maximum absolute atomic E-state index is 10.9. The highest BCUT2D eigenvalue weighted by atomic mass is 16.3. The first kappa shape index (κ1) is 8.20. The fourth-order valence-corrected chi connectivity index (χ4v) is 1.38. The molecule has 1 aliphatic rings. The molecule has 1 aliphatic heterocycles. The zero-order chi connectivity index (χ0) is 8.59. The fraction of sp³-hybridized carbons (Fsp3) is 0.714. The van der Waals surface area contributed by atoms with E-state index >= 15 is 0 Å². The van der Waals surface area contributed by atoms with Crippen molar-refractivity contribution in [1.82, 2.24) is 5.32 Å². The van der Waals surface area contributed by atoms with Crippen LogP contribution in [0.15, 0.2) is 0 Å². The van der Waals surface area contributed by atoms with Gasteiger partial charge in [0.2, 0.25) is 5.91 Å². The van der Waals surface area contributed by atoms with E-state index in [1.807, 2.05) is 0 Å². The molecule has 0 radical (unpaired) electrons. The Morgan fingerprint density at radius 1 is 1.64 bits per heavy atom. The fourth-order valence-electron chi connectivity index (χ4n) is 1.38. The Morgan fingerprint density at radius 3 is 2.36 bits per heavy atom. The molecule has 4 nitrogen and oxygen atoms in total. The average molecular weight is 157 g/mol. The molecule has 1 amide bonds. The minimum Gasteiger partial charge on any atom is -0.373 e. The Morgan fingerprint density at radius 2 is 2.18 bits per heavy atom. The number of carbonyl (C=O) groups excluding carboxylic acids is 2. The molecule has 0 aromatic heterocycles. The zero-order valence-corrected chi connectivity index (χ0v) is 6.50. The van der Waals surface area contributed by atoms with Gasteiger partial charge in [-0.3, -0.25) is 9.59 Å². The second-order valence-corrected chi connectivity index (χ2v) is 2.88. The first-order valence-corrected chi connectivity index (χ1v) is 3.53. The number of rotatable bonds is 1. The largest absolute Gasteiger partial charge is 0.373 e. The first-order chi connectivity index (χ1) is 5.04. The lowest BCUT2D eigenvalue weighted by Gasteiger charge is -2.11. The van der Waals surface area contributed by atoms with Gasteiger partial charge in [0.25, 0.3) is 0 Å². The third-order valence-corrected chi connectivity index (χ3v) is 2.05. The number of carbonyl (C=O) groups is 2.